The third-order valence-corrected chi connectivity index (χ3v) is 0.945. The quantitative estimate of drug-likeness (QED) is 0.488. The lowest BCUT2D eigenvalue weighted by Crippen LogP contribution is -2.25. The molecule has 0 unspecified atom stereocenters. The van der Waals surface area contributed by atoms with E-state index in [4.69, 9.17) is 0 Å². The van der Waals surface area contributed by atoms with Gasteiger partial charge in [0.1, 0.15) is 0 Å². The minimum absolute atomic E-state index is 0.0694. The van der Waals surface area contributed by atoms with Crippen molar-refractivity contribution in [2.24, 2.45) is 0 Å². The van der Waals surface area contributed by atoms with Gasteiger partial charge in [-0.3, -0.25) is 9.69 Å². The second-order valence-electron chi connectivity index (χ2n) is 1.76. The van der Waals surface area contributed by atoms with Crippen molar-refractivity contribution in [3.8, 4) is 0 Å². The number of hydrogen-bond donors (Lipinski definition) is 0. The van der Waals surface area contributed by atoms with Crippen LogP contribution in [0.1, 0.15) is 6.92 Å². The summed E-state index contributed by atoms with van der Waals surface area (Å²) >= 11 is 0. The summed E-state index contributed by atoms with van der Waals surface area (Å²) in [5.74, 6) is 0. The van der Waals surface area contributed by atoms with Gasteiger partial charge in [0, 0.05) is 0 Å². The van der Waals surface area contributed by atoms with E-state index in [0.717, 1.165) is 0 Å². The van der Waals surface area contributed by atoms with Gasteiger partial charge in [-0.05, 0) is 21.0 Å². The molecule has 2 nitrogen and oxygen atoms in total. The number of rotatable bonds is 2. The summed E-state index contributed by atoms with van der Waals surface area (Å²) in [4.78, 5) is 11.6. The van der Waals surface area contributed by atoms with Crippen LogP contribution < -0.4 is 0 Å². The van der Waals surface area contributed by atoms with Crippen molar-refractivity contribution in [2.45, 2.75) is 13.0 Å². The van der Waals surface area contributed by atoms with Crippen molar-refractivity contribution in [1.82, 2.24) is 4.90 Å². The Balaban J connectivity index is 3.33. The number of nitrogens with zero attached hydrogens (tertiary/aromatic N) is 1. The Kier molecular flexibility index (Phi) is 2.60. The highest BCUT2D eigenvalue weighted by atomic mass is 16.1. The summed E-state index contributed by atoms with van der Waals surface area (Å²) in [6.07, 6.45) is 1.84. The summed E-state index contributed by atoms with van der Waals surface area (Å²) < 4.78 is 0. The van der Waals surface area contributed by atoms with Crippen LogP contribution in [0, 0.1) is 0 Å². The smallest absolute Gasteiger partial charge is 0.216 e. The summed E-state index contributed by atoms with van der Waals surface area (Å²) in [6.45, 7) is 1.80. The van der Waals surface area contributed by atoms with Crippen molar-refractivity contribution in [3.05, 3.63) is 0 Å². The molecule has 0 heterocycles. The molecule has 0 aromatic heterocycles. The van der Waals surface area contributed by atoms with E-state index >= 15 is 0 Å². The van der Waals surface area contributed by atoms with Crippen LogP contribution in [0.5, 0.6) is 0 Å². The van der Waals surface area contributed by atoms with Crippen molar-refractivity contribution < 1.29 is 4.79 Å². The Morgan fingerprint density at radius 3 is 2.00 bits per heavy atom. The fourth-order valence-corrected chi connectivity index (χ4v) is 0.105. The zero-order valence-electron chi connectivity index (χ0n) is 4.93. The molecule has 0 N–H and O–H groups in total. The van der Waals surface area contributed by atoms with Crippen molar-refractivity contribution in [2.75, 3.05) is 14.1 Å². The Morgan fingerprint density at radius 1 is 1.57 bits per heavy atom. The van der Waals surface area contributed by atoms with Crippen LogP contribution in [0.3, 0.4) is 0 Å². The highest BCUT2D eigenvalue weighted by molar-refractivity contribution is 5.57. The molecule has 0 aromatic carbocycles. The van der Waals surface area contributed by atoms with E-state index in [-0.39, 0.29) is 6.04 Å². The van der Waals surface area contributed by atoms with Crippen molar-refractivity contribution >= 4 is 6.29 Å². The van der Waals surface area contributed by atoms with Gasteiger partial charge in [0.05, 0.1) is 6.04 Å². The average Bonchev–Trinajstić information content (AvgIpc) is 1.65. The highest BCUT2D eigenvalue weighted by Crippen LogP contribution is 1.82. The third kappa shape index (κ3) is 2.34. The molecular weight excluding hydrogens is 90.1 g/mol. The molecule has 0 fully saturated rings. The molecule has 0 aromatic rings. The van der Waals surface area contributed by atoms with Gasteiger partial charge >= 0.3 is 0 Å². The zero-order valence-corrected chi connectivity index (χ0v) is 4.93. The second kappa shape index (κ2) is 2.75. The van der Waals surface area contributed by atoms with Crippen LogP contribution in [-0.4, -0.2) is 31.3 Å². The zero-order chi connectivity index (χ0) is 5.86. The lowest BCUT2D eigenvalue weighted by atomic mass is 10.4. The molecule has 0 aliphatic rings. The summed E-state index contributed by atoms with van der Waals surface area (Å²) in [6, 6.07) is -0.0694. The first-order chi connectivity index (χ1) is 3.18. The maximum Gasteiger partial charge on any atom is 0.216 e. The highest BCUT2D eigenvalue weighted by Gasteiger charge is 1.99. The fourth-order valence-electron chi connectivity index (χ4n) is 0.105. The topological polar surface area (TPSA) is 20.3 Å². The number of carbonyl (C=O) groups excluding carboxylic acids is 1. The summed E-state index contributed by atoms with van der Waals surface area (Å²) in [7, 11) is 3.69. The maximum absolute atomic E-state index is 9.78. The van der Waals surface area contributed by atoms with E-state index in [1.54, 1.807) is 11.8 Å². The lowest BCUT2D eigenvalue weighted by molar-refractivity contribution is 0.367. The molecule has 0 rings (SSSR count). The molecule has 0 bridgehead atoms. The molecule has 0 saturated heterocycles. The molecular formula is C5H10NO. The molecule has 2 heteroatoms. The van der Waals surface area contributed by atoms with Crippen LogP contribution in [0.25, 0.3) is 0 Å². The van der Waals surface area contributed by atoms with Crippen LogP contribution in [0.4, 0.5) is 0 Å². The van der Waals surface area contributed by atoms with E-state index in [1.165, 1.54) is 0 Å². The maximum atomic E-state index is 9.78. The minimum Gasteiger partial charge on any atom is -0.300 e. The normalized spacial score (nSPS) is 14.3. The number of likely N-dealkylation sites (N-methyl/N-ethyl adjacent to an activating group) is 1. The molecule has 0 saturated carbocycles. The van der Waals surface area contributed by atoms with E-state index in [0.29, 0.717) is 0 Å². The van der Waals surface area contributed by atoms with Gasteiger partial charge in [0.25, 0.3) is 0 Å². The first kappa shape index (κ1) is 6.63. The van der Waals surface area contributed by atoms with E-state index in [9.17, 15) is 4.79 Å². The lowest BCUT2D eigenvalue weighted by Gasteiger charge is -2.10. The predicted molar refractivity (Wildman–Crippen MR) is 28.8 cm³/mol. The molecule has 0 aliphatic carbocycles. The largest absolute Gasteiger partial charge is 0.300 e. The molecule has 0 aliphatic heterocycles. The standard InChI is InChI=1S/C5H10NO/c1-5(4-7)6(2)3/h5H,1-3H3/t5-/m1/s1. The Morgan fingerprint density at radius 2 is 2.00 bits per heavy atom. The van der Waals surface area contributed by atoms with Gasteiger partial charge in [0.15, 0.2) is 0 Å². The van der Waals surface area contributed by atoms with Gasteiger partial charge in [-0.1, -0.05) is 0 Å². The second-order valence-corrected chi connectivity index (χ2v) is 1.76. The third-order valence-electron chi connectivity index (χ3n) is 0.945. The van der Waals surface area contributed by atoms with Gasteiger partial charge in [0.2, 0.25) is 6.29 Å². The minimum atomic E-state index is -0.0694. The van der Waals surface area contributed by atoms with Gasteiger partial charge in [-0.25, -0.2) is 0 Å². The van der Waals surface area contributed by atoms with E-state index in [1.807, 2.05) is 20.4 Å². The Bertz CT molecular complexity index is 61.1. The molecule has 1 atom stereocenters. The van der Waals surface area contributed by atoms with Crippen LogP contribution >= 0.6 is 0 Å². The van der Waals surface area contributed by atoms with Gasteiger partial charge < -0.3 is 0 Å². The van der Waals surface area contributed by atoms with Crippen LogP contribution in [0.15, 0.2) is 0 Å². The first-order valence-electron chi connectivity index (χ1n) is 2.22. The van der Waals surface area contributed by atoms with E-state index < -0.39 is 0 Å². The fraction of sp³-hybridized carbons (Fsp3) is 0.800. The van der Waals surface area contributed by atoms with Gasteiger partial charge in [-0.15, -0.1) is 0 Å². The monoisotopic (exact) mass is 100 g/mol. The van der Waals surface area contributed by atoms with Crippen molar-refractivity contribution in [1.29, 1.82) is 0 Å². The molecule has 0 spiro atoms. The first-order valence-corrected chi connectivity index (χ1v) is 2.22. The predicted octanol–water partition coefficient (Wildman–Crippen LogP) is 0.0462. The van der Waals surface area contributed by atoms with Crippen molar-refractivity contribution in [3.63, 3.8) is 0 Å². The summed E-state index contributed by atoms with van der Waals surface area (Å²) in [5, 5.41) is 0. The molecule has 0 amide bonds. The van der Waals surface area contributed by atoms with Gasteiger partial charge in [-0.2, -0.15) is 0 Å². The Hall–Kier alpha value is -0.370. The van der Waals surface area contributed by atoms with Crippen LogP contribution in [0.2, 0.25) is 0 Å². The average molecular weight is 100 g/mol. The van der Waals surface area contributed by atoms with E-state index in [2.05, 4.69) is 0 Å². The molecule has 7 heavy (non-hydrogen) atoms. The summed E-state index contributed by atoms with van der Waals surface area (Å²) in [5.41, 5.74) is 0. The molecule has 1 radical (unpaired) electrons. The SMILES string of the molecule is C[C@H]([C]=O)N(C)C. The molecule has 41 valence electrons. The Labute approximate surface area is 44.1 Å². The number of hydrogen-bond acceptors (Lipinski definition) is 2. The van der Waals surface area contributed by atoms with Crippen LogP contribution in [-0.2, 0) is 4.79 Å².